The summed E-state index contributed by atoms with van der Waals surface area (Å²) in [6.45, 7) is 4.21. The summed E-state index contributed by atoms with van der Waals surface area (Å²) in [5.74, 6) is 0.858. The van der Waals surface area contributed by atoms with E-state index in [9.17, 15) is 4.79 Å². The van der Waals surface area contributed by atoms with Gasteiger partial charge in [0.25, 0.3) is 0 Å². The lowest BCUT2D eigenvalue weighted by Gasteiger charge is -2.38. The summed E-state index contributed by atoms with van der Waals surface area (Å²) in [5.41, 5.74) is 1.17. The molecule has 0 atom stereocenters. The third-order valence-electron chi connectivity index (χ3n) is 5.02. The van der Waals surface area contributed by atoms with Crippen LogP contribution in [0, 0.1) is 6.92 Å². The van der Waals surface area contributed by atoms with Crippen molar-refractivity contribution in [2.75, 3.05) is 25.0 Å². The SMILES string of the molecule is Cc1cnn(C2CN(CC(=O)Nc3ccnn3C3CCCC3)C2)c1. The van der Waals surface area contributed by atoms with E-state index in [2.05, 4.69) is 26.6 Å². The predicted octanol–water partition coefficient (Wildman–Crippen LogP) is 2.00. The number of nitrogens with one attached hydrogen (secondary N) is 1. The lowest BCUT2D eigenvalue weighted by atomic mass is 10.1. The fourth-order valence-electron chi connectivity index (χ4n) is 3.71. The van der Waals surface area contributed by atoms with Crippen molar-refractivity contribution in [3.05, 3.63) is 30.2 Å². The molecule has 1 aliphatic carbocycles. The highest BCUT2D eigenvalue weighted by atomic mass is 16.2. The first kappa shape index (κ1) is 15.4. The molecule has 1 aliphatic heterocycles. The lowest BCUT2D eigenvalue weighted by molar-refractivity contribution is -0.118. The average Bonchev–Trinajstić information content (AvgIpc) is 3.23. The second-order valence-corrected chi connectivity index (χ2v) is 6.99. The molecule has 1 saturated heterocycles. The molecule has 1 N–H and O–H groups in total. The molecular weight excluding hydrogens is 304 g/mol. The molecule has 24 heavy (non-hydrogen) atoms. The molecule has 0 unspecified atom stereocenters. The largest absolute Gasteiger partial charge is 0.310 e. The number of amides is 1. The van der Waals surface area contributed by atoms with Crippen LogP contribution in [-0.2, 0) is 4.79 Å². The zero-order valence-electron chi connectivity index (χ0n) is 14.1. The normalized spacial score (nSPS) is 19.5. The minimum atomic E-state index is 0.0323. The highest BCUT2D eigenvalue weighted by Gasteiger charge is 2.30. The Bertz CT molecular complexity index is 708. The summed E-state index contributed by atoms with van der Waals surface area (Å²) >= 11 is 0. The number of likely N-dealkylation sites (tertiary alicyclic amines) is 1. The monoisotopic (exact) mass is 328 g/mol. The molecule has 1 saturated carbocycles. The van der Waals surface area contributed by atoms with Crippen LogP contribution in [0.5, 0.6) is 0 Å². The van der Waals surface area contributed by atoms with Crippen LogP contribution < -0.4 is 5.32 Å². The van der Waals surface area contributed by atoms with E-state index in [0.717, 1.165) is 31.7 Å². The molecule has 0 radical (unpaired) electrons. The Morgan fingerprint density at radius 3 is 2.75 bits per heavy atom. The third kappa shape index (κ3) is 3.08. The zero-order valence-corrected chi connectivity index (χ0v) is 14.1. The van der Waals surface area contributed by atoms with Gasteiger partial charge in [0.2, 0.25) is 5.91 Å². The first-order valence-electron chi connectivity index (χ1n) is 8.75. The van der Waals surface area contributed by atoms with Crippen LogP contribution in [0.15, 0.2) is 24.7 Å². The number of hydrogen-bond acceptors (Lipinski definition) is 4. The molecule has 2 aliphatic rings. The quantitative estimate of drug-likeness (QED) is 0.911. The van der Waals surface area contributed by atoms with Crippen LogP contribution in [0.4, 0.5) is 5.82 Å². The second kappa shape index (κ2) is 6.39. The van der Waals surface area contributed by atoms with E-state index >= 15 is 0 Å². The van der Waals surface area contributed by atoms with Crippen molar-refractivity contribution < 1.29 is 4.79 Å². The highest BCUT2D eigenvalue weighted by molar-refractivity contribution is 5.91. The first-order chi connectivity index (χ1) is 11.7. The van der Waals surface area contributed by atoms with Gasteiger partial charge in [-0.25, -0.2) is 4.68 Å². The van der Waals surface area contributed by atoms with Crippen molar-refractivity contribution in [3.8, 4) is 0 Å². The lowest BCUT2D eigenvalue weighted by Crippen LogP contribution is -2.50. The molecule has 0 spiro atoms. The van der Waals surface area contributed by atoms with E-state index in [0.29, 0.717) is 18.6 Å². The van der Waals surface area contributed by atoms with Gasteiger partial charge in [0.15, 0.2) is 0 Å². The van der Waals surface area contributed by atoms with Crippen molar-refractivity contribution in [2.45, 2.75) is 44.7 Å². The standard InChI is InChI=1S/C17H24N6O/c1-13-8-19-22(9-13)15-10-21(11-15)12-17(24)20-16-6-7-18-23(16)14-4-2-3-5-14/h6-9,14-15H,2-5,10-12H2,1H3,(H,20,24). The molecule has 0 bridgehead atoms. The molecular formula is C17H24N6O. The van der Waals surface area contributed by atoms with Gasteiger partial charge in [0.1, 0.15) is 5.82 Å². The predicted molar refractivity (Wildman–Crippen MR) is 90.8 cm³/mol. The summed E-state index contributed by atoms with van der Waals surface area (Å²) < 4.78 is 3.98. The van der Waals surface area contributed by atoms with Crippen molar-refractivity contribution in [1.82, 2.24) is 24.5 Å². The molecule has 2 aromatic heterocycles. The molecule has 2 aromatic rings. The van der Waals surface area contributed by atoms with E-state index < -0.39 is 0 Å². The van der Waals surface area contributed by atoms with Gasteiger partial charge in [0, 0.05) is 25.4 Å². The molecule has 128 valence electrons. The van der Waals surface area contributed by atoms with Gasteiger partial charge < -0.3 is 5.32 Å². The van der Waals surface area contributed by atoms with Gasteiger partial charge in [-0.1, -0.05) is 12.8 Å². The summed E-state index contributed by atoms with van der Waals surface area (Å²) in [5, 5.41) is 11.8. The number of carbonyl (C=O) groups is 1. The summed E-state index contributed by atoms with van der Waals surface area (Å²) in [6, 6.07) is 2.71. The average molecular weight is 328 g/mol. The van der Waals surface area contributed by atoms with Crippen LogP contribution in [0.3, 0.4) is 0 Å². The van der Waals surface area contributed by atoms with Gasteiger partial charge in [-0.05, 0) is 25.3 Å². The van der Waals surface area contributed by atoms with Crippen LogP contribution in [0.1, 0.15) is 43.3 Å². The van der Waals surface area contributed by atoms with E-state index in [1.807, 2.05) is 28.6 Å². The molecule has 4 rings (SSSR count). The third-order valence-corrected chi connectivity index (χ3v) is 5.02. The fourth-order valence-corrected chi connectivity index (χ4v) is 3.71. The number of rotatable bonds is 5. The number of anilines is 1. The number of aryl methyl sites for hydroxylation is 1. The number of aromatic nitrogens is 4. The van der Waals surface area contributed by atoms with E-state index in [4.69, 9.17) is 0 Å². The Balaban J connectivity index is 1.28. The molecule has 3 heterocycles. The van der Waals surface area contributed by atoms with Crippen LogP contribution in [-0.4, -0.2) is 50.0 Å². The minimum absolute atomic E-state index is 0.0323. The van der Waals surface area contributed by atoms with E-state index in [-0.39, 0.29) is 5.91 Å². The van der Waals surface area contributed by atoms with Crippen molar-refractivity contribution >= 4 is 11.7 Å². The van der Waals surface area contributed by atoms with Gasteiger partial charge >= 0.3 is 0 Å². The Morgan fingerprint density at radius 2 is 2.04 bits per heavy atom. The topological polar surface area (TPSA) is 68.0 Å². The maximum Gasteiger partial charge on any atom is 0.239 e. The second-order valence-electron chi connectivity index (χ2n) is 6.99. The molecule has 1 amide bonds. The first-order valence-corrected chi connectivity index (χ1v) is 8.75. The molecule has 7 heteroatoms. The van der Waals surface area contributed by atoms with Gasteiger partial charge in [0.05, 0.1) is 31.0 Å². The maximum absolute atomic E-state index is 12.3. The summed E-state index contributed by atoms with van der Waals surface area (Å²) in [6.07, 6.45) is 10.5. The van der Waals surface area contributed by atoms with E-state index in [1.54, 1.807) is 6.20 Å². The zero-order chi connectivity index (χ0) is 16.5. The van der Waals surface area contributed by atoms with Gasteiger partial charge in [-0.15, -0.1) is 0 Å². The van der Waals surface area contributed by atoms with Crippen LogP contribution in [0.2, 0.25) is 0 Å². The van der Waals surface area contributed by atoms with Crippen molar-refractivity contribution in [2.24, 2.45) is 0 Å². The van der Waals surface area contributed by atoms with Gasteiger partial charge in [-0.3, -0.25) is 14.4 Å². The van der Waals surface area contributed by atoms with E-state index in [1.165, 1.54) is 18.4 Å². The van der Waals surface area contributed by atoms with Crippen molar-refractivity contribution in [1.29, 1.82) is 0 Å². The highest BCUT2D eigenvalue weighted by Crippen LogP contribution is 2.31. The Hall–Kier alpha value is -2.15. The number of carbonyl (C=O) groups excluding carboxylic acids is 1. The fraction of sp³-hybridized carbons (Fsp3) is 0.588. The molecule has 2 fully saturated rings. The van der Waals surface area contributed by atoms with Crippen LogP contribution >= 0.6 is 0 Å². The Morgan fingerprint density at radius 1 is 1.25 bits per heavy atom. The Kier molecular flexibility index (Phi) is 4.10. The maximum atomic E-state index is 12.3. The smallest absolute Gasteiger partial charge is 0.239 e. The minimum Gasteiger partial charge on any atom is -0.310 e. The molecule has 7 nitrogen and oxygen atoms in total. The van der Waals surface area contributed by atoms with Crippen LogP contribution in [0.25, 0.3) is 0 Å². The van der Waals surface area contributed by atoms with Crippen molar-refractivity contribution in [3.63, 3.8) is 0 Å². The Labute approximate surface area is 141 Å². The number of hydrogen-bond donors (Lipinski definition) is 1. The summed E-state index contributed by atoms with van der Waals surface area (Å²) in [7, 11) is 0. The molecule has 0 aromatic carbocycles. The number of nitrogens with zero attached hydrogens (tertiary/aromatic N) is 5. The summed E-state index contributed by atoms with van der Waals surface area (Å²) in [4.78, 5) is 14.5. The van der Waals surface area contributed by atoms with Gasteiger partial charge in [-0.2, -0.15) is 10.2 Å².